The molecule has 1 aliphatic heterocycles. The highest BCUT2D eigenvalue weighted by Crippen LogP contribution is 2.45. The van der Waals surface area contributed by atoms with Crippen LogP contribution in [0.25, 0.3) is 0 Å². The van der Waals surface area contributed by atoms with E-state index < -0.39 is 0 Å². The molecule has 2 fully saturated rings. The van der Waals surface area contributed by atoms with Crippen LogP contribution in [-0.4, -0.2) is 29.6 Å². The van der Waals surface area contributed by atoms with Gasteiger partial charge in [0.2, 0.25) is 5.89 Å². The van der Waals surface area contributed by atoms with E-state index in [-0.39, 0.29) is 5.41 Å². The van der Waals surface area contributed by atoms with E-state index >= 15 is 0 Å². The molecule has 1 aliphatic carbocycles. The summed E-state index contributed by atoms with van der Waals surface area (Å²) in [6.45, 7) is 8.41. The van der Waals surface area contributed by atoms with Crippen LogP contribution >= 0.6 is 0 Å². The van der Waals surface area contributed by atoms with Crippen LogP contribution in [0.4, 0.5) is 0 Å². The largest absolute Gasteiger partial charge is 0.493 e. The lowest BCUT2D eigenvalue weighted by molar-refractivity contribution is 0.0695. The summed E-state index contributed by atoms with van der Waals surface area (Å²) in [5.74, 6) is 4.65. The predicted molar refractivity (Wildman–Crippen MR) is 145 cm³/mol. The summed E-state index contributed by atoms with van der Waals surface area (Å²) in [5.41, 5.74) is 1.15. The van der Waals surface area contributed by atoms with Crippen molar-refractivity contribution in [2.45, 2.75) is 70.8 Å². The van der Waals surface area contributed by atoms with E-state index in [9.17, 15) is 0 Å². The van der Waals surface area contributed by atoms with Crippen molar-refractivity contribution in [3.63, 3.8) is 0 Å². The minimum Gasteiger partial charge on any atom is -0.493 e. The summed E-state index contributed by atoms with van der Waals surface area (Å²) in [4.78, 5) is 7.45. The van der Waals surface area contributed by atoms with Crippen molar-refractivity contribution in [1.82, 2.24) is 9.88 Å². The summed E-state index contributed by atoms with van der Waals surface area (Å²) in [6, 6.07) is 21.1. The van der Waals surface area contributed by atoms with Crippen LogP contribution in [0.3, 0.4) is 0 Å². The van der Waals surface area contributed by atoms with E-state index in [0.29, 0.717) is 17.8 Å². The lowest BCUT2D eigenvalue weighted by Crippen LogP contribution is -2.42. The number of likely N-dealkylation sites (tertiary alicyclic amines) is 1. The van der Waals surface area contributed by atoms with E-state index in [4.69, 9.17) is 14.1 Å². The van der Waals surface area contributed by atoms with Gasteiger partial charge in [-0.2, -0.15) is 0 Å². The highest BCUT2D eigenvalue weighted by Gasteiger charge is 2.42. The van der Waals surface area contributed by atoms with Crippen molar-refractivity contribution < 1.29 is 9.15 Å². The number of piperidine rings is 1. The van der Waals surface area contributed by atoms with Crippen molar-refractivity contribution in [2.75, 3.05) is 19.7 Å². The van der Waals surface area contributed by atoms with Crippen LogP contribution in [-0.2, 0) is 12.0 Å². The fourth-order valence-electron chi connectivity index (χ4n) is 6.59. The summed E-state index contributed by atoms with van der Waals surface area (Å²) in [5, 5.41) is 0. The van der Waals surface area contributed by atoms with Crippen molar-refractivity contribution in [3.05, 3.63) is 84.1 Å². The van der Waals surface area contributed by atoms with Crippen LogP contribution in [0.15, 0.2) is 71.3 Å². The van der Waals surface area contributed by atoms with Gasteiger partial charge in [-0.05, 0) is 62.3 Å². The molecule has 1 aromatic heterocycles. The van der Waals surface area contributed by atoms with Gasteiger partial charge in [-0.3, -0.25) is 4.90 Å². The molecule has 3 unspecified atom stereocenters. The molecule has 0 radical (unpaired) electrons. The minimum atomic E-state index is -0.179. The van der Waals surface area contributed by atoms with Crippen molar-refractivity contribution in [2.24, 2.45) is 17.8 Å². The minimum absolute atomic E-state index is 0.179. The van der Waals surface area contributed by atoms with E-state index in [1.54, 1.807) is 0 Å². The van der Waals surface area contributed by atoms with Crippen LogP contribution in [0.5, 0.6) is 5.75 Å². The number of para-hydroxylation sites is 1. The van der Waals surface area contributed by atoms with Gasteiger partial charge in [-0.15, -0.1) is 0 Å². The molecule has 0 amide bonds. The summed E-state index contributed by atoms with van der Waals surface area (Å²) in [6.07, 6.45) is 10.9. The highest BCUT2D eigenvalue weighted by molar-refractivity contribution is 5.32. The Morgan fingerprint density at radius 1 is 0.944 bits per heavy atom. The van der Waals surface area contributed by atoms with Gasteiger partial charge in [-0.25, -0.2) is 4.98 Å². The average molecular weight is 487 g/mol. The number of hydrogen-bond donors (Lipinski definition) is 0. The number of ether oxygens (including phenoxy) is 1. The molecule has 36 heavy (non-hydrogen) atoms. The predicted octanol–water partition coefficient (Wildman–Crippen LogP) is 7.49. The topological polar surface area (TPSA) is 38.5 Å². The number of aromatic nitrogens is 1. The number of rotatable bonds is 9. The van der Waals surface area contributed by atoms with Gasteiger partial charge >= 0.3 is 0 Å². The third-order valence-corrected chi connectivity index (χ3v) is 8.88. The summed E-state index contributed by atoms with van der Waals surface area (Å²) >= 11 is 0. The molecular formula is C32H42N2O2. The Labute approximate surface area is 217 Å². The first-order chi connectivity index (χ1) is 17.7. The maximum atomic E-state index is 6.59. The Balaban J connectivity index is 1.29. The summed E-state index contributed by atoms with van der Waals surface area (Å²) < 4.78 is 12.8. The second-order valence-corrected chi connectivity index (χ2v) is 11.1. The molecule has 4 heteroatoms. The standard InChI is InChI=1S/C32H42N2O2/c1-3-25-19-20-34(22-26(25)24-35-29-17-11-6-12-18-29)23-30-21-33-31(36-30)32(2,27-13-7-4-8-14-27)28-15-9-5-10-16-28/h4,6-8,11-14,17-18,21,25-26,28H,3,5,9-10,15-16,19-20,22-24H2,1-2H3. The molecule has 0 spiro atoms. The molecule has 1 saturated carbocycles. The molecule has 2 heterocycles. The monoisotopic (exact) mass is 486 g/mol. The Bertz CT molecular complexity index is 1060. The number of hydrogen-bond acceptors (Lipinski definition) is 4. The van der Waals surface area contributed by atoms with Gasteiger partial charge in [0.25, 0.3) is 0 Å². The quantitative estimate of drug-likeness (QED) is 0.314. The van der Waals surface area contributed by atoms with Gasteiger partial charge in [0.1, 0.15) is 11.5 Å². The zero-order valence-electron chi connectivity index (χ0n) is 22.1. The van der Waals surface area contributed by atoms with Gasteiger partial charge in [0.15, 0.2) is 0 Å². The Kier molecular flexibility index (Phi) is 8.11. The van der Waals surface area contributed by atoms with E-state index in [2.05, 4.69) is 49.1 Å². The molecular weight excluding hydrogens is 444 g/mol. The second-order valence-electron chi connectivity index (χ2n) is 11.1. The second kappa shape index (κ2) is 11.6. The van der Waals surface area contributed by atoms with Crippen molar-refractivity contribution in [1.29, 1.82) is 0 Å². The molecule has 1 saturated heterocycles. The van der Waals surface area contributed by atoms with Gasteiger partial charge in [-0.1, -0.05) is 81.1 Å². The van der Waals surface area contributed by atoms with E-state index in [0.717, 1.165) is 43.6 Å². The average Bonchev–Trinajstić information content (AvgIpc) is 3.42. The molecule has 0 bridgehead atoms. The molecule has 3 atom stereocenters. The van der Waals surface area contributed by atoms with Crippen LogP contribution < -0.4 is 4.74 Å². The molecule has 5 rings (SSSR count). The number of nitrogens with zero attached hydrogens (tertiary/aromatic N) is 2. The third kappa shape index (κ3) is 5.54. The molecule has 192 valence electrons. The van der Waals surface area contributed by atoms with Crippen LogP contribution in [0.1, 0.15) is 76.0 Å². The van der Waals surface area contributed by atoms with Crippen LogP contribution in [0, 0.1) is 17.8 Å². The fourth-order valence-corrected chi connectivity index (χ4v) is 6.59. The van der Waals surface area contributed by atoms with Crippen LogP contribution in [0.2, 0.25) is 0 Å². The first-order valence-corrected chi connectivity index (χ1v) is 14.1. The van der Waals surface area contributed by atoms with Crippen molar-refractivity contribution >= 4 is 0 Å². The Hall–Kier alpha value is -2.59. The lowest BCUT2D eigenvalue weighted by atomic mass is 9.66. The normalized spacial score (nSPS) is 23.3. The number of benzene rings is 2. The van der Waals surface area contributed by atoms with Gasteiger partial charge < -0.3 is 9.15 Å². The maximum Gasteiger partial charge on any atom is 0.205 e. The molecule has 2 aromatic carbocycles. The smallest absolute Gasteiger partial charge is 0.205 e. The Morgan fingerprint density at radius 3 is 2.39 bits per heavy atom. The highest BCUT2D eigenvalue weighted by atomic mass is 16.5. The first-order valence-electron chi connectivity index (χ1n) is 14.1. The fraction of sp³-hybridized carbons (Fsp3) is 0.531. The van der Waals surface area contributed by atoms with E-state index in [1.165, 1.54) is 50.5 Å². The zero-order valence-corrected chi connectivity index (χ0v) is 22.1. The van der Waals surface area contributed by atoms with Gasteiger partial charge in [0, 0.05) is 12.5 Å². The maximum absolute atomic E-state index is 6.59. The third-order valence-electron chi connectivity index (χ3n) is 8.88. The zero-order chi connectivity index (χ0) is 24.8. The molecule has 2 aliphatic rings. The first kappa shape index (κ1) is 25.1. The lowest BCUT2D eigenvalue weighted by Gasteiger charge is -2.38. The number of oxazole rings is 1. The molecule has 3 aromatic rings. The Morgan fingerprint density at radius 2 is 1.67 bits per heavy atom. The SMILES string of the molecule is CCC1CCN(Cc2cnc(C(C)(c3ccccc3)C3CCCCC3)o2)CC1COc1ccccc1. The molecule has 4 nitrogen and oxygen atoms in total. The van der Waals surface area contributed by atoms with Gasteiger partial charge in [0.05, 0.1) is 24.8 Å². The molecule has 0 N–H and O–H groups in total. The summed E-state index contributed by atoms with van der Waals surface area (Å²) in [7, 11) is 0. The van der Waals surface area contributed by atoms with Crippen molar-refractivity contribution in [3.8, 4) is 5.75 Å². The van der Waals surface area contributed by atoms with E-state index in [1.807, 2.05) is 36.5 Å².